The summed E-state index contributed by atoms with van der Waals surface area (Å²) in [7, 11) is 2.33. The molecule has 2 rings (SSSR count). The monoisotopic (exact) mass is 306 g/mol. The summed E-state index contributed by atoms with van der Waals surface area (Å²) in [6.07, 6.45) is 0. The Morgan fingerprint density at radius 2 is 1.30 bits per heavy atom. The summed E-state index contributed by atoms with van der Waals surface area (Å²) >= 11 is 0. The van der Waals surface area contributed by atoms with Crippen molar-refractivity contribution in [3.8, 4) is 11.1 Å². The van der Waals surface area contributed by atoms with Crippen LogP contribution in [0.25, 0.3) is 11.1 Å². The van der Waals surface area contributed by atoms with E-state index in [0.29, 0.717) is 5.92 Å². The lowest BCUT2D eigenvalue weighted by atomic mass is 9.62. The molecule has 0 fully saturated rings. The molecule has 0 atom stereocenters. The van der Waals surface area contributed by atoms with Crippen LogP contribution in [-0.4, -0.2) is 7.85 Å². The fourth-order valence-corrected chi connectivity index (χ4v) is 3.31. The van der Waals surface area contributed by atoms with Gasteiger partial charge in [-0.05, 0) is 44.5 Å². The maximum absolute atomic E-state index is 2.42. The molecule has 0 aliphatic rings. The number of hydrogen-bond donors (Lipinski definition) is 0. The first-order chi connectivity index (χ1) is 10.5. The molecular formula is C22H31B. The summed E-state index contributed by atoms with van der Waals surface area (Å²) in [6.45, 7) is 16.3. The van der Waals surface area contributed by atoms with Crippen molar-refractivity contribution in [2.75, 3.05) is 0 Å². The predicted molar refractivity (Wildman–Crippen MR) is 106 cm³/mol. The number of benzene rings is 2. The van der Waals surface area contributed by atoms with E-state index in [1.807, 2.05) is 0 Å². The van der Waals surface area contributed by atoms with E-state index in [1.54, 1.807) is 0 Å². The van der Waals surface area contributed by atoms with Crippen LogP contribution in [-0.2, 0) is 10.7 Å². The lowest BCUT2D eigenvalue weighted by molar-refractivity contribution is 0.571. The van der Waals surface area contributed by atoms with Gasteiger partial charge in [0.2, 0.25) is 0 Å². The molecular weight excluding hydrogens is 275 g/mol. The highest BCUT2D eigenvalue weighted by atomic mass is 14.3. The Bertz CT molecular complexity index is 632. The van der Waals surface area contributed by atoms with Gasteiger partial charge in [-0.2, -0.15) is 0 Å². The lowest BCUT2D eigenvalue weighted by Gasteiger charge is -2.33. The molecule has 0 aromatic heterocycles. The molecule has 0 nitrogen and oxygen atoms in total. The molecule has 2 aromatic rings. The Labute approximate surface area is 143 Å². The van der Waals surface area contributed by atoms with Crippen molar-refractivity contribution in [3.05, 3.63) is 59.2 Å². The van der Waals surface area contributed by atoms with Crippen LogP contribution >= 0.6 is 0 Å². The van der Waals surface area contributed by atoms with E-state index in [0.717, 1.165) is 0 Å². The summed E-state index contributed by atoms with van der Waals surface area (Å²) in [5.74, 6) is 0.531. The topological polar surface area (TPSA) is 0 Å². The van der Waals surface area contributed by atoms with E-state index < -0.39 is 0 Å². The van der Waals surface area contributed by atoms with E-state index in [-0.39, 0.29) is 10.7 Å². The van der Waals surface area contributed by atoms with Crippen molar-refractivity contribution >= 4 is 7.85 Å². The van der Waals surface area contributed by atoms with Gasteiger partial charge in [-0.15, -0.1) is 0 Å². The third kappa shape index (κ3) is 3.89. The highest BCUT2D eigenvalue weighted by molar-refractivity contribution is 6.15. The maximum Gasteiger partial charge on any atom is 0.114 e. The van der Waals surface area contributed by atoms with Crippen LogP contribution in [0.5, 0.6) is 0 Å². The molecule has 2 aromatic carbocycles. The van der Waals surface area contributed by atoms with Gasteiger partial charge in [0.05, 0.1) is 0 Å². The number of hydrogen-bond acceptors (Lipinski definition) is 0. The largest absolute Gasteiger partial charge is 0.114 e. The quantitative estimate of drug-likeness (QED) is 0.643. The first-order valence-electron chi connectivity index (χ1n) is 8.76. The van der Waals surface area contributed by atoms with Gasteiger partial charge < -0.3 is 0 Å². The average Bonchev–Trinajstić information content (AvgIpc) is 2.45. The molecule has 0 spiro atoms. The van der Waals surface area contributed by atoms with Crippen LogP contribution in [0.15, 0.2) is 42.5 Å². The van der Waals surface area contributed by atoms with E-state index in [1.165, 1.54) is 27.8 Å². The summed E-state index contributed by atoms with van der Waals surface area (Å²) in [5, 5.41) is 0.143. The second-order valence-corrected chi connectivity index (χ2v) is 9.01. The second kappa shape index (κ2) is 6.19. The SMILES string of the molecule is BC(C)(C)c1cc(-c2ccccc2)cc(C(C)(C)C)c1C(C)C. The molecule has 0 saturated heterocycles. The second-order valence-electron chi connectivity index (χ2n) is 9.01. The Morgan fingerprint density at radius 3 is 1.74 bits per heavy atom. The van der Waals surface area contributed by atoms with Crippen LogP contribution in [0, 0.1) is 0 Å². The Balaban J connectivity index is 2.84. The summed E-state index contributed by atoms with van der Waals surface area (Å²) < 4.78 is 0. The summed E-state index contributed by atoms with van der Waals surface area (Å²) in [4.78, 5) is 0. The van der Waals surface area contributed by atoms with Crippen LogP contribution in [0.3, 0.4) is 0 Å². The Morgan fingerprint density at radius 1 is 0.783 bits per heavy atom. The number of rotatable bonds is 3. The summed E-state index contributed by atoms with van der Waals surface area (Å²) in [5.41, 5.74) is 7.29. The third-order valence-corrected chi connectivity index (χ3v) is 4.48. The zero-order valence-corrected chi connectivity index (χ0v) is 16.1. The molecule has 0 saturated carbocycles. The van der Waals surface area contributed by atoms with Crippen LogP contribution in [0.2, 0.25) is 0 Å². The fraction of sp³-hybridized carbons (Fsp3) is 0.455. The molecule has 0 heterocycles. The van der Waals surface area contributed by atoms with E-state index in [9.17, 15) is 0 Å². The van der Waals surface area contributed by atoms with E-state index in [4.69, 9.17) is 0 Å². The van der Waals surface area contributed by atoms with Gasteiger partial charge in [0.1, 0.15) is 7.85 Å². The lowest BCUT2D eigenvalue weighted by Crippen LogP contribution is -2.24. The van der Waals surface area contributed by atoms with Crippen molar-refractivity contribution in [1.82, 2.24) is 0 Å². The first-order valence-corrected chi connectivity index (χ1v) is 8.76. The Hall–Kier alpha value is -1.50. The highest BCUT2D eigenvalue weighted by Gasteiger charge is 2.27. The minimum absolute atomic E-state index is 0.143. The third-order valence-electron chi connectivity index (χ3n) is 4.48. The van der Waals surface area contributed by atoms with Crippen molar-refractivity contribution in [3.63, 3.8) is 0 Å². The zero-order chi connectivity index (χ0) is 17.4. The molecule has 1 heteroatoms. The van der Waals surface area contributed by atoms with Crippen molar-refractivity contribution in [2.45, 2.75) is 65.1 Å². The molecule has 0 radical (unpaired) electrons. The van der Waals surface area contributed by atoms with Crippen molar-refractivity contribution < 1.29 is 0 Å². The van der Waals surface area contributed by atoms with Crippen LogP contribution in [0.4, 0.5) is 0 Å². The van der Waals surface area contributed by atoms with E-state index in [2.05, 4.69) is 98.8 Å². The predicted octanol–water partition coefficient (Wildman–Crippen LogP) is 5.64. The molecule has 0 amide bonds. The van der Waals surface area contributed by atoms with Crippen LogP contribution in [0.1, 0.15) is 71.1 Å². The molecule has 23 heavy (non-hydrogen) atoms. The highest BCUT2D eigenvalue weighted by Crippen LogP contribution is 2.40. The molecule has 0 bridgehead atoms. The minimum atomic E-state index is 0.143. The first kappa shape index (κ1) is 17.9. The molecule has 122 valence electrons. The van der Waals surface area contributed by atoms with E-state index >= 15 is 0 Å². The standard InChI is InChI=1S/C22H31B/c1-15(2)20-18(21(3,4)5)13-17(14-19(20)22(6,7)23)16-11-9-8-10-12-16/h8-15H,23H2,1-7H3. The van der Waals surface area contributed by atoms with Gasteiger partial charge in [0.15, 0.2) is 0 Å². The van der Waals surface area contributed by atoms with Gasteiger partial charge >= 0.3 is 0 Å². The minimum Gasteiger partial charge on any atom is -0.0632 e. The molecule has 0 aliphatic heterocycles. The maximum atomic E-state index is 2.42. The van der Waals surface area contributed by atoms with Gasteiger partial charge in [0.25, 0.3) is 0 Å². The normalized spacial score (nSPS) is 12.7. The van der Waals surface area contributed by atoms with Crippen molar-refractivity contribution in [1.29, 1.82) is 0 Å². The van der Waals surface area contributed by atoms with Gasteiger partial charge in [-0.25, -0.2) is 0 Å². The smallest absolute Gasteiger partial charge is 0.0632 e. The Kier molecular flexibility index (Phi) is 4.80. The van der Waals surface area contributed by atoms with Crippen LogP contribution < -0.4 is 0 Å². The van der Waals surface area contributed by atoms with Gasteiger partial charge in [0, 0.05) is 0 Å². The molecule has 0 unspecified atom stereocenters. The van der Waals surface area contributed by atoms with Gasteiger partial charge in [-0.3, -0.25) is 0 Å². The van der Waals surface area contributed by atoms with Gasteiger partial charge in [-0.1, -0.05) is 90.9 Å². The zero-order valence-electron chi connectivity index (χ0n) is 16.1. The summed E-state index contributed by atoms with van der Waals surface area (Å²) in [6, 6.07) is 15.6. The average molecular weight is 306 g/mol. The molecule has 0 N–H and O–H groups in total. The molecule has 0 aliphatic carbocycles. The fourth-order valence-electron chi connectivity index (χ4n) is 3.31. The van der Waals surface area contributed by atoms with Crippen molar-refractivity contribution in [2.24, 2.45) is 0 Å².